The molecule has 0 atom stereocenters. The van der Waals surface area contributed by atoms with Crippen molar-refractivity contribution < 1.29 is 0 Å². The average Bonchev–Trinajstić information content (AvgIpc) is 2.59. The minimum absolute atomic E-state index is 1.03. The topological polar surface area (TPSA) is 17.8 Å². The normalized spacial score (nSPS) is 13.2. The van der Waals surface area contributed by atoms with Crippen LogP contribution in [0.25, 0.3) is 5.70 Å². The molecule has 2 nitrogen and oxygen atoms in total. The summed E-state index contributed by atoms with van der Waals surface area (Å²) < 4.78 is 2.01. The van der Waals surface area contributed by atoms with Crippen molar-refractivity contribution in [2.45, 2.75) is 20.8 Å². The molecule has 1 aromatic heterocycles. The van der Waals surface area contributed by atoms with E-state index in [2.05, 4.69) is 17.1 Å². The monoisotopic (exact) mass is 188 g/mol. The smallest absolute Gasteiger partial charge is 0.0995 e. The Kier molecular flexibility index (Phi) is 3.92. The van der Waals surface area contributed by atoms with Gasteiger partial charge in [0.05, 0.1) is 12.0 Å². The molecule has 1 aromatic rings. The van der Waals surface area contributed by atoms with Crippen LogP contribution in [0.4, 0.5) is 0 Å². The molecule has 0 saturated heterocycles. The third-order valence-corrected chi connectivity index (χ3v) is 1.81. The van der Waals surface area contributed by atoms with Gasteiger partial charge in [-0.1, -0.05) is 18.2 Å². The van der Waals surface area contributed by atoms with Crippen LogP contribution in [0.5, 0.6) is 0 Å². The molecule has 1 heterocycles. The molecule has 0 aromatic carbocycles. The van der Waals surface area contributed by atoms with Gasteiger partial charge in [-0.15, -0.1) is 0 Å². The van der Waals surface area contributed by atoms with E-state index in [1.807, 2.05) is 56.1 Å². The van der Waals surface area contributed by atoms with Crippen molar-refractivity contribution in [2.24, 2.45) is 0 Å². The largest absolute Gasteiger partial charge is 0.306 e. The molecule has 1 rings (SSSR count). The highest BCUT2D eigenvalue weighted by atomic mass is 15.0. The van der Waals surface area contributed by atoms with Crippen molar-refractivity contribution in [3.8, 4) is 0 Å². The van der Waals surface area contributed by atoms with E-state index in [9.17, 15) is 0 Å². The van der Waals surface area contributed by atoms with Crippen LogP contribution in [-0.4, -0.2) is 9.55 Å². The van der Waals surface area contributed by atoms with Gasteiger partial charge in [0, 0.05) is 11.9 Å². The average molecular weight is 188 g/mol. The zero-order chi connectivity index (χ0) is 10.4. The van der Waals surface area contributed by atoms with E-state index in [4.69, 9.17) is 0 Å². The van der Waals surface area contributed by atoms with Crippen LogP contribution in [0.2, 0.25) is 0 Å². The van der Waals surface area contributed by atoms with Gasteiger partial charge in [0.2, 0.25) is 0 Å². The van der Waals surface area contributed by atoms with E-state index < -0.39 is 0 Å². The van der Waals surface area contributed by atoms with Gasteiger partial charge < -0.3 is 4.57 Å². The number of allylic oxidation sites excluding steroid dienone is 6. The highest BCUT2D eigenvalue weighted by Gasteiger charge is 1.95. The van der Waals surface area contributed by atoms with Gasteiger partial charge in [0.1, 0.15) is 0 Å². The van der Waals surface area contributed by atoms with E-state index >= 15 is 0 Å². The second kappa shape index (κ2) is 5.22. The molecule has 0 aliphatic carbocycles. The SMILES string of the molecule is C\C=C/C=C(\C=C/C)n1cnc(C)c1. The Balaban J connectivity index is 2.99. The van der Waals surface area contributed by atoms with Crippen molar-refractivity contribution >= 4 is 5.70 Å². The summed E-state index contributed by atoms with van der Waals surface area (Å²) in [7, 11) is 0. The van der Waals surface area contributed by atoms with Crippen LogP contribution in [0.1, 0.15) is 19.5 Å². The Morgan fingerprint density at radius 3 is 2.64 bits per heavy atom. The van der Waals surface area contributed by atoms with Crippen LogP contribution in [0.3, 0.4) is 0 Å². The summed E-state index contributed by atoms with van der Waals surface area (Å²) in [5, 5.41) is 0. The van der Waals surface area contributed by atoms with Crippen molar-refractivity contribution in [2.75, 3.05) is 0 Å². The predicted molar refractivity (Wildman–Crippen MR) is 60.9 cm³/mol. The summed E-state index contributed by atoms with van der Waals surface area (Å²) in [6.07, 6.45) is 14.0. The Labute approximate surface area is 85.3 Å². The van der Waals surface area contributed by atoms with E-state index in [1.54, 1.807) is 0 Å². The number of aryl methyl sites for hydroxylation is 1. The Bertz CT molecular complexity index is 367. The minimum Gasteiger partial charge on any atom is -0.306 e. The number of rotatable bonds is 3. The first-order valence-corrected chi connectivity index (χ1v) is 4.74. The fourth-order valence-electron chi connectivity index (χ4n) is 1.16. The standard InChI is InChI=1S/C12H16N2/c1-4-6-8-12(7-5-2)14-9-11(3)13-10-14/h4-10H,1-3H3/b6-4-,7-5-,12-8+. The number of hydrogen-bond acceptors (Lipinski definition) is 1. The van der Waals surface area contributed by atoms with Crippen LogP contribution in [-0.2, 0) is 0 Å². The molecule has 74 valence electrons. The highest BCUT2D eigenvalue weighted by Crippen LogP contribution is 2.07. The third-order valence-electron chi connectivity index (χ3n) is 1.81. The lowest BCUT2D eigenvalue weighted by Gasteiger charge is -2.00. The molecule has 0 bridgehead atoms. The molecular weight excluding hydrogens is 172 g/mol. The van der Waals surface area contributed by atoms with Gasteiger partial charge in [-0.05, 0) is 32.9 Å². The molecule has 0 saturated carbocycles. The molecule has 0 aliphatic heterocycles. The number of aromatic nitrogens is 2. The molecular formula is C12H16N2. The van der Waals surface area contributed by atoms with E-state index in [0.29, 0.717) is 0 Å². The summed E-state index contributed by atoms with van der Waals surface area (Å²) >= 11 is 0. The quantitative estimate of drug-likeness (QED) is 0.666. The predicted octanol–water partition coefficient (Wildman–Crippen LogP) is 3.18. The summed E-state index contributed by atoms with van der Waals surface area (Å²) in [6.45, 7) is 6.00. The van der Waals surface area contributed by atoms with Gasteiger partial charge in [-0.3, -0.25) is 0 Å². The molecule has 14 heavy (non-hydrogen) atoms. The third kappa shape index (κ3) is 2.73. The first kappa shape index (κ1) is 10.5. The van der Waals surface area contributed by atoms with Crippen LogP contribution >= 0.6 is 0 Å². The zero-order valence-corrected chi connectivity index (χ0v) is 8.94. The van der Waals surface area contributed by atoms with Crippen molar-refractivity contribution in [1.29, 1.82) is 0 Å². The Morgan fingerprint density at radius 1 is 1.36 bits per heavy atom. The number of hydrogen-bond donors (Lipinski definition) is 0. The maximum atomic E-state index is 4.19. The lowest BCUT2D eigenvalue weighted by Crippen LogP contribution is -1.89. The van der Waals surface area contributed by atoms with E-state index in [0.717, 1.165) is 11.4 Å². The Morgan fingerprint density at radius 2 is 2.14 bits per heavy atom. The maximum absolute atomic E-state index is 4.19. The van der Waals surface area contributed by atoms with Gasteiger partial charge in [-0.25, -0.2) is 4.98 Å². The summed E-state index contributed by atoms with van der Waals surface area (Å²) in [5.74, 6) is 0. The molecule has 0 radical (unpaired) electrons. The molecule has 0 aliphatic rings. The fourth-order valence-corrected chi connectivity index (χ4v) is 1.16. The van der Waals surface area contributed by atoms with Gasteiger partial charge in [-0.2, -0.15) is 0 Å². The number of imidazole rings is 1. The lowest BCUT2D eigenvalue weighted by molar-refractivity contribution is 1.10. The summed E-state index contributed by atoms with van der Waals surface area (Å²) in [5.41, 5.74) is 2.15. The van der Waals surface area contributed by atoms with Crippen molar-refractivity contribution in [1.82, 2.24) is 9.55 Å². The molecule has 0 unspecified atom stereocenters. The van der Waals surface area contributed by atoms with Gasteiger partial charge in [0.15, 0.2) is 0 Å². The zero-order valence-electron chi connectivity index (χ0n) is 8.94. The molecule has 2 heteroatoms. The lowest BCUT2D eigenvalue weighted by atomic mass is 10.3. The molecule has 0 N–H and O–H groups in total. The first-order chi connectivity index (χ1) is 6.77. The van der Waals surface area contributed by atoms with Crippen molar-refractivity contribution in [3.05, 3.63) is 48.6 Å². The van der Waals surface area contributed by atoms with Crippen LogP contribution < -0.4 is 0 Å². The molecule has 0 fully saturated rings. The highest BCUT2D eigenvalue weighted by molar-refractivity contribution is 5.58. The van der Waals surface area contributed by atoms with E-state index in [-0.39, 0.29) is 0 Å². The van der Waals surface area contributed by atoms with Crippen molar-refractivity contribution in [3.63, 3.8) is 0 Å². The van der Waals surface area contributed by atoms with Crippen LogP contribution in [0.15, 0.2) is 42.9 Å². The summed E-state index contributed by atoms with van der Waals surface area (Å²) in [6, 6.07) is 0. The molecule has 0 amide bonds. The fraction of sp³-hybridized carbons (Fsp3) is 0.250. The second-order valence-electron chi connectivity index (χ2n) is 3.04. The second-order valence-corrected chi connectivity index (χ2v) is 3.04. The van der Waals surface area contributed by atoms with E-state index in [1.165, 1.54) is 0 Å². The summed E-state index contributed by atoms with van der Waals surface area (Å²) in [4.78, 5) is 4.19. The Hall–Kier alpha value is -1.57. The van der Waals surface area contributed by atoms with Gasteiger partial charge in [0.25, 0.3) is 0 Å². The first-order valence-electron chi connectivity index (χ1n) is 4.74. The number of nitrogens with zero attached hydrogens (tertiary/aromatic N) is 2. The maximum Gasteiger partial charge on any atom is 0.0995 e. The minimum atomic E-state index is 1.03. The van der Waals surface area contributed by atoms with Crippen LogP contribution in [0, 0.1) is 6.92 Å². The molecule has 0 spiro atoms. The van der Waals surface area contributed by atoms with Gasteiger partial charge >= 0.3 is 0 Å².